The molecule has 1 atom stereocenters. The molecule has 1 saturated heterocycles. The number of furan rings is 1. The molecule has 1 aliphatic heterocycles. The van der Waals surface area contributed by atoms with Crippen LogP contribution in [0.5, 0.6) is 0 Å². The van der Waals surface area contributed by atoms with E-state index >= 15 is 0 Å². The Kier molecular flexibility index (Phi) is 4.98. The summed E-state index contributed by atoms with van der Waals surface area (Å²) in [6.07, 6.45) is 5.64. The van der Waals surface area contributed by atoms with Crippen molar-refractivity contribution in [3.8, 4) is 11.3 Å². The number of carboxylic acid groups (broad SMARTS) is 1. The third kappa shape index (κ3) is 3.90. The second-order valence-corrected chi connectivity index (χ2v) is 6.83. The predicted octanol–water partition coefficient (Wildman–Crippen LogP) is 3.81. The molecule has 3 aromatic rings. The quantitative estimate of drug-likeness (QED) is 0.742. The number of benzene rings is 1. The lowest BCUT2D eigenvalue weighted by Crippen LogP contribution is -2.34. The zero-order valence-electron chi connectivity index (χ0n) is 14.9. The zero-order chi connectivity index (χ0) is 18.6. The van der Waals surface area contributed by atoms with Gasteiger partial charge in [0.2, 0.25) is 0 Å². The van der Waals surface area contributed by atoms with Crippen molar-refractivity contribution >= 4 is 5.97 Å². The van der Waals surface area contributed by atoms with E-state index < -0.39 is 5.97 Å². The topological polar surface area (TPSA) is 79.5 Å². The van der Waals surface area contributed by atoms with Gasteiger partial charge in [-0.05, 0) is 43.7 Å². The van der Waals surface area contributed by atoms with E-state index in [2.05, 4.69) is 14.9 Å². The predicted molar refractivity (Wildman–Crippen MR) is 100 cm³/mol. The van der Waals surface area contributed by atoms with Crippen LogP contribution in [0.1, 0.15) is 40.6 Å². The van der Waals surface area contributed by atoms with Gasteiger partial charge in [0.15, 0.2) is 0 Å². The Morgan fingerprint density at radius 1 is 1.22 bits per heavy atom. The molecule has 1 aliphatic rings. The summed E-state index contributed by atoms with van der Waals surface area (Å²) in [5.41, 5.74) is 1.94. The third-order valence-electron chi connectivity index (χ3n) is 4.99. The van der Waals surface area contributed by atoms with E-state index in [9.17, 15) is 9.90 Å². The highest BCUT2D eigenvalue weighted by atomic mass is 16.4. The molecule has 0 saturated carbocycles. The molecule has 0 aliphatic carbocycles. The first kappa shape index (κ1) is 17.4. The molecule has 6 nitrogen and oxygen atoms in total. The largest absolute Gasteiger partial charge is 0.478 e. The van der Waals surface area contributed by atoms with Crippen molar-refractivity contribution in [3.63, 3.8) is 0 Å². The van der Waals surface area contributed by atoms with Crippen molar-refractivity contribution in [1.29, 1.82) is 0 Å². The molecule has 1 N–H and O–H groups in total. The van der Waals surface area contributed by atoms with E-state index in [-0.39, 0.29) is 5.56 Å². The summed E-state index contributed by atoms with van der Waals surface area (Å²) in [4.78, 5) is 22.2. The molecule has 1 aromatic carbocycles. The average Bonchev–Trinajstić information content (AvgIpc) is 3.17. The van der Waals surface area contributed by atoms with Gasteiger partial charge in [0, 0.05) is 29.9 Å². The van der Waals surface area contributed by atoms with Crippen LogP contribution in [0.2, 0.25) is 0 Å². The lowest BCUT2D eigenvalue weighted by molar-refractivity contribution is 0.0697. The van der Waals surface area contributed by atoms with Crippen LogP contribution in [0.15, 0.2) is 59.4 Å². The number of carbonyl (C=O) groups is 1. The van der Waals surface area contributed by atoms with Crippen LogP contribution in [0, 0.1) is 0 Å². The minimum absolute atomic E-state index is 0.250. The molecule has 27 heavy (non-hydrogen) atoms. The monoisotopic (exact) mass is 363 g/mol. The number of aromatic nitrogens is 2. The van der Waals surface area contributed by atoms with E-state index in [1.165, 1.54) is 0 Å². The molecule has 0 radical (unpaired) electrons. The SMILES string of the molecule is O=C(O)c1ccccc1-c1ccc(CN2CCC[C@H](c3ccncn3)C2)o1. The second kappa shape index (κ2) is 7.72. The summed E-state index contributed by atoms with van der Waals surface area (Å²) in [5, 5.41) is 9.37. The summed E-state index contributed by atoms with van der Waals surface area (Å²) in [6.45, 7) is 2.65. The molecular formula is C21H21N3O3. The Labute approximate surface area is 157 Å². The van der Waals surface area contributed by atoms with Gasteiger partial charge in [-0.1, -0.05) is 18.2 Å². The lowest BCUT2D eigenvalue weighted by Gasteiger charge is -2.31. The highest BCUT2D eigenvalue weighted by Gasteiger charge is 2.23. The van der Waals surface area contributed by atoms with Crippen LogP contribution < -0.4 is 0 Å². The standard InChI is InChI=1S/C21H21N3O3/c25-21(26)18-6-2-1-5-17(18)20-8-7-16(27-20)13-24-11-3-4-15(12-24)19-9-10-22-14-23-19/h1-2,5-10,14-15H,3-4,11-13H2,(H,25,26)/t15-/m0/s1. The lowest BCUT2D eigenvalue weighted by atomic mass is 9.94. The van der Waals surface area contributed by atoms with Gasteiger partial charge in [0.1, 0.15) is 17.8 Å². The smallest absolute Gasteiger partial charge is 0.336 e. The van der Waals surface area contributed by atoms with Gasteiger partial charge in [-0.25, -0.2) is 14.8 Å². The molecular weight excluding hydrogens is 342 g/mol. The average molecular weight is 363 g/mol. The number of aromatic carboxylic acids is 1. The number of hydrogen-bond donors (Lipinski definition) is 1. The highest BCUT2D eigenvalue weighted by molar-refractivity contribution is 5.95. The number of hydrogen-bond acceptors (Lipinski definition) is 5. The molecule has 6 heteroatoms. The highest BCUT2D eigenvalue weighted by Crippen LogP contribution is 2.29. The molecule has 0 unspecified atom stereocenters. The van der Waals surface area contributed by atoms with Crippen LogP contribution in [-0.4, -0.2) is 39.0 Å². The van der Waals surface area contributed by atoms with Gasteiger partial charge in [-0.3, -0.25) is 4.90 Å². The maximum Gasteiger partial charge on any atom is 0.336 e. The number of nitrogens with zero attached hydrogens (tertiary/aromatic N) is 3. The first-order valence-electron chi connectivity index (χ1n) is 9.10. The molecule has 138 valence electrons. The molecule has 4 rings (SSSR count). The Morgan fingerprint density at radius 2 is 2.11 bits per heavy atom. The van der Waals surface area contributed by atoms with Crippen molar-refractivity contribution in [2.24, 2.45) is 0 Å². The maximum absolute atomic E-state index is 11.4. The van der Waals surface area contributed by atoms with E-state index in [0.717, 1.165) is 37.4 Å². The Balaban J connectivity index is 1.48. The van der Waals surface area contributed by atoms with Crippen molar-refractivity contribution in [3.05, 3.63) is 72.0 Å². The molecule has 3 heterocycles. The summed E-state index contributed by atoms with van der Waals surface area (Å²) in [5.74, 6) is 0.886. The van der Waals surface area contributed by atoms with Gasteiger partial charge >= 0.3 is 5.97 Å². The Morgan fingerprint density at radius 3 is 2.93 bits per heavy atom. The number of rotatable bonds is 5. The summed E-state index contributed by atoms with van der Waals surface area (Å²) < 4.78 is 5.97. The van der Waals surface area contributed by atoms with Gasteiger partial charge in [0.05, 0.1) is 12.1 Å². The Bertz CT molecular complexity index is 923. The minimum atomic E-state index is -0.952. The van der Waals surface area contributed by atoms with Crippen LogP contribution in [-0.2, 0) is 6.54 Å². The first-order valence-corrected chi connectivity index (χ1v) is 9.10. The molecule has 0 amide bonds. The van der Waals surface area contributed by atoms with Crippen molar-refractivity contribution in [2.45, 2.75) is 25.3 Å². The molecule has 0 bridgehead atoms. The maximum atomic E-state index is 11.4. The zero-order valence-corrected chi connectivity index (χ0v) is 14.9. The van der Waals surface area contributed by atoms with Crippen LogP contribution >= 0.6 is 0 Å². The van der Waals surface area contributed by atoms with Crippen molar-refractivity contribution in [1.82, 2.24) is 14.9 Å². The summed E-state index contributed by atoms with van der Waals surface area (Å²) in [6, 6.07) is 12.7. The third-order valence-corrected chi connectivity index (χ3v) is 4.99. The van der Waals surface area contributed by atoms with Crippen LogP contribution in [0.3, 0.4) is 0 Å². The van der Waals surface area contributed by atoms with Gasteiger partial charge in [0.25, 0.3) is 0 Å². The fourth-order valence-electron chi connectivity index (χ4n) is 3.70. The van der Waals surface area contributed by atoms with Gasteiger partial charge in [-0.15, -0.1) is 0 Å². The fourth-order valence-corrected chi connectivity index (χ4v) is 3.70. The van der Waals surface area contributed by atoms with E-state index in [0.29, 0.717) is 23.8 Å². The molecule has 2 aromatic heterocycles. The molecule has 0 spiro atoms. The Hall–Kier alpha value is -2.99. The van der Waals surface area contributed by atoms with Crippen molar-refractivity contribution < 1.29 is 14.3 Å². The van der Waals surface area contributed by atoms with E-state index in [4.69, 9.17) is 4.42 Å². The number of piperidine rings is 1. The molecule has 1 fully saturated rings. The number of carboxylic acids is 1. The van der Waals surface area contributed by atoms with E-state index in [1.54, 1.807) is 30.7 Å². The summed E-state index contributed by atoms with van der Waals surface area (Å²) >= 11 is 0. The summed E-state index contributed by atoms with van der Waals surface area (Å²) in [7, 11) is 0. The van der Waals surface area contributed by atoms with Gasteiger partial charge < -0.3 is 9.52 Å². The first-order chi connectivity index (χ1) is 13.2. The van der Waals surface area contributed by atoms with Crippen LogP contribution in [0.4, 0.5) is 0 Å². The fraction of sp³-hybridized carbons (Fsp3) is 0.286. The van der Waals surface area contributed by atoms with Gasteiger partial charge in [-0.2, -0.15) is 0 Å². The second-order valence-electron chi connectivity index (χ2n) is 6.83. The van der Waals surface area contributed by atoms with E-state index in [1.807, 2.05) is 24.3 Å². The van der Waals surface area contributed by atoms with Crippen molar-refractivity contribution in [2.75, 3.05) is 13.1 Å². The number of likely N-dealkylation sites (tertiary alicyclic amines) is 1. The van der Waals surface area contributed by atoms with Crippen LogP contribution in [0.25, 0.3) is 11.3 Å². The minimum Gasteiger partial charge on any atom is -0.478 e. The normalized spacial score (nSPS) is 17.7.